The molecule has 5 rings (SSSR count). The van der Waals surface area contributed by atoms with Crippen molar-refractivity contribution in [1.82, 2.24) is 15.3 Å². The largest absolute Gasteiger partial charge is 0.437 e. The number of urea groups is 1. The van der Waals surface area contributed by atoms with Crippen molar-refractivity contribution in [2.45, 2.75) is 55.4 Å². The quantitative estimate of drug-likeness (QED) is 0.452. The molecule has 1 aliphatic heterocycles. The maximum atomic E-state index is 13.5. The third-order valence-electron chi connectivity index (χ3n) is 7.11. The van der Waals surface area contributed by atoms with Gasteiger partial charge in [0.15, 0.2) is 9.84 Å². The van der Waals surface area contributed by atoms with Gasteiger partial charge in [0.1, 0.15) is 11.4 Å². The molecule has 2 aromatic heterocycles. The molecule has 1 aliphatic carbocycles. The van der Waals surface area contributed by atoms with Gasteiger partial charge in [0, 0.05) is 37.8 Å². The fraction of sp³-hybridized carbons (Fsp3) is 0.370. The minimum Gasteiger partial charge on any atom is -0.437 e. The molecule has 2 aliphatic rings. The van der Waals surface area contributed by atoms with Gasteiger partial charge < -0.3 is 10.1 Å². The van der Waals surface area contributed by atoms with Crippen molar-refractivity contribution < 1.29 is 26.7 Å². The van der Waals surface area contributed by atoms with Gasteiger partial charge in [-0.2, -0.15) is 8.78 Å². The van der Waals surface area contributed by atoms with Gasteiger partial charge in [0.2, 0.25) is 5.88 Å². The van der Waals surface area contributed by atoms with Crippen molar-refractivity contribution in [2.24, 2.45) is 0 Å². The Kier molecular flexibility index (Phi) is 6.58. The van der Waals surface area contributed by atoms with Crippen molar-refractivity contribution >= 4 is 21.6 Å². The molecule has 0 atom stereocenters. The molecular weight excluding hydrogens is 514 g/mol. The maximum Gasteiger partial charge on any atom is 0.322 e. The molecule has 0 bridgehead atoms. The van der Waals surface area contributed by atoms with E-state index in [0.717, 1.165) is 50.1 Å². The number of ether oxygens (including phenoxy) is 1. The summed E-state index contributed by atoms with van der Waals surface area (Å²) in [6.07, 6.45) is 6.26. The summed E-state index contributed by atoms with van der Waals surface area (Å²) < 4.78 is 56.1. The molecule has 38 heavy (non-hydrogen) atoms. The molecule has 1 aromatic carbocycles. The van der Waals surface area contributed by atoms with Crippen molar-refractivity contribution in [3.63, 3.8) is 0 Å². The molecule has 1 saturated carbocycles. The Morgan fingerprint density at radius 1 is 1.11 bits per heavy atom. The first kappa shape index (κ1) is 26.0. The Labute approximate surface area is 220 Å². The van der Waals surface area contributed by atoms with Crippen LogP contribution in [0.5, 0.6) is 11.6 Å². The summed E-state index contributed by atoms with van der Waals surface area (Å²) in [5.74, 6) is -2.44. The van der Waals surface area contributed by atoms with Crippen LogP contribution in [0.2, 0.25) is 0 Å². The molecule has 1 fully saturated rings. The number of halogens is 2. The predicted octanol–water partition coefficient (Wildman–Crippen LogP) is 5.33. The Hall–Kier alpha value is -3.60. The number of nitrogens with one attached hydrogen (secondary N) is 1. The SMILES string of the molecule is CC(F)(F)c1ccc(Oc2ccc3c(n2)C2(CCCC2)CN3C(=O)NCc2ccc(S(C)(=O)=O)cc2)cn1. The van der Waals surface area contributed by atoms with Crippen LogP contribution in [0.4, 0.5) is 19.3 Å². The molecule has 0 unspecified atom stereocenters. The zero-order valence-corrected chi connectivity index (χ0v) is 21.9. The number of pyridine rings is 2. The highest BCUT2D eigenvalue weighted by atomic mass is 32.2. The van der Waals surface area contributed by atoms with E-state index in [4.69, 9.17) is 9.72 Å². The van der Waals surface area contributed by atoms with Gasteiger partial charge in [-0.1, -0.05) is 25.0 Å². The van der Waals surface area contributed by atoms with E-state index in [1.54, 1.807) is 29.2 Å². The van der Waals surface area contributed by atoms with Gasteiger partial charge in [0.25, 0.3) is 5.92 Å². The molecule has 3 heterocycles. The van der Waals surface area contributed by atoms with Crippen LogP contribution < -0.4 is 15.0 Å². The minimum absolute atomic E-state index is 0.225. The first-order valence-corrected chi connectivity index (χ1v) is 14.2. The Morgan fingerprint density at radius 2 is 1.82 bits per heavy atom. The minimum atomic E-state index is -3.29. The number of hydrogen-bond donors (Lipinski definition) is 1. The number of nitrogens with zero attached hydrogens (tertiary/aromatic N) is 3. The lowest BCUT2D eigenvalue weighted by atomic mass is 9.84. The van der Waals surface area contributed by atoms with Crippen LogP contribution in [-0.4, -0.2) is 37.2 Å². The molecule has 1 spiro atoms. The molecule has 0 radical (unpaired) electrons. The van der Waals surface area contributed by atoms with Crippen LogP contribution >= 0.6 is 0 Å². The number of benzene rings is 1. The number of aromatic nitrogens is 2. The zero-order chi connectivity index (χ0) is 27.1. The maximum absolute atomic E-state index is 13.5. The average Bonchev–Trinajstić information content (AvgIpc) is 3.47. The summed E-state index contributed by atoms with van der Waals surface area (Å²) in [6.45, 7) is 1.53. The van der Waals surface area contributed by atoms with E-state index in [2.05, 4.69) is 10.3 Å². The molecule has 3 aromatic rings. The average molecular weight is 543 g/mol. The monoisotopic (exact) mass is 542 g/mol. The first-order valence-electron chi connectivity index (χ1n) is 12.3. The van der Waals surface area contributed by atoms with Crippen molar-refractivity contribution in [3.8, 4) is 11.6 Å². The summed E-state index contributed by atoms with van der Waals surface area (Å²) in [5, 5.41) is 2.93. The van der Waals surface area contributed by atoms with Crippen LogP contribution in [0.3, 0.4) is 0 Å². The molecule has 0 saturated heterocycles. The number of sulfone groups is 1. The lowest BCUT2D eigenvalue weighted by molar-refractivity contribution is 0.0127. The van der Waals surface area contributed by atoms with E-state index in [-0.39, 0.29) is 28.6 Å². The van der Waals surface area contributed by atoms with Gasteiger partial charge in [-0.05, 0) is 48.7 Å². The lowest BCUT2D eigenvalue weighted by Gasteiger charge is -2.24. The number of carbonyl (C=O) groups excluding carboxylic acids is 1. The number of alkyl halides is 2. The third kappa shape index (κ3) is 5.20. The van der Waals surface area contributed by atoms with Crippen molar-refractivity contribution in [1.29, 1.82) is 0 Å². The highest BCUT2D eigenvalue weighted by Crippen LogP contribution is 2.50. The zero-order valence-electron chi connectivity index (χ0n) is 21.1. The summed E-state index contributed by atoms with van der Waals surface area (Å²) in [4.78, 5) is 23.7. The second kappa shape index (κ2) is 9.61. The molecule has 11 heteroatoms. The number of amides is 2. The second-order valence-corrected chi connectivity index (χ2v) is 12.1. The van der Waals surface area contributed by atoms with Crippen LogP contribution in [0.15, 0.2) is 59.6 Å². The fourth-order valence-corrected chi connectivity index (χ4v) is 5.77. The predicted molar refractivity (Wildman–Crippen MR) is 137 cm³/mol. The lowest BCUT2D eigenvalue weighted by Crippen LogP contribution is -2.41. The Bertz CT molecular complexity index is 1450. The number of carbonyl (C=O) groups is 1. The number of rotatable bonds is 6. The summed E-state index contributed by atoms with van der Waals surface area (Å²) in [6, 6.07) is 12.3. The summed E-state index contributed by atoms with van der Waals surface area (Å²) in [5.41, 5.74) is 1.68. The molecule has 2 amide bonds. The first-order chi connectivity index (χ1) is 17.9. The molecule has 200 valence electrons. The second-order valence-electron chi connectivity index (χ2n) is 10.0. The number of hydrogen-bond acceptors (Lipinski definition) is 6. The van der Waals surface area contributed by atoms with E-state index in [9.17, 15) is 22.0 Å². The standard InChI is InChI=1S/C27H28F2N4O4S/c1-26(28,29)22-11-7-19(16-30-22)37-23-12-10-21-24(32-23)27(13-3-4-14-27)17-33(21)25(34)31-15-18-5-8-20(9-6-18)38(2,35)36/h5-12,16H,3-4,13-15,17H2,1-2H3,(H,31,34). The number of anilines is 1. The van der Waals surface area contributed by atoms with Crippen LogP contribution in [0.25, 0.3) is 0 Å². The summed E-state index contributed by atoms with van der Waals surface area (Å²) >= 11 is 0. The normalized spacial score (nSPS) is 16.5. The van der Waals surface area contributed by atoms with Crippen LogP contribution in [0.1, 0.15) is 49.6 Å². The van der Waals surface area contributed by atoms with E-state index in [1.807, 2.05) is 0 Å². The Balaban J connectivity index is 1.33. The molecule has 1 N–H and O–H groups in total. The van der Waals surface area contributed by atoms with Crippen LogP contribution in [-0.2, 0) is 27.7 Å². The molecule has 8 nitrogen and oxygen atoms in total. The highest BCUT2D eigenvalue weighted by molar-refractivity contribution is 7.90. The Morgan fingerprint density at radius 3 is 2.42 bits per heavy atom. The fourth-order valence-electron chi connectivity index (χ4n) is 5.14. The van der Waals surface area contributed by atoms with Crippen molar-refractivity contribution in [2.75, 3.05) is 17.7 Å². The highest BCUT2D eigenvalue weighted by Gasteiger charge is 2.48. The van der Waals surface area contributed by atoms with E-state index >= 15 is 0 Å². The van der Waals surface area contributed by atoms with Gasteiger partial charge in [-0.3, -0.25) is 9.88 Å². The summed E-state index contributed by atoms with van der Waals surface area (Å²) in [7, 11) is -3.29. The topological polar surface area (TPSA) is 101 Å². The molecular formula is C27H28F2N4O4S. The van der Waals surface area contributed by atoms with Gasteiger partial charge >= 0.3 is 6.03 Å². The van der Waals surface area contributed by atoms with Crippen molar-refractivity contribution in [3.05, 3.63) is 71.7 Å². The van der Waals surface area contributed by atoms with E-state index < -0.39 is 15.8 Å². The van der Waals surface area contributed by atoms with Gasteiger partial charge in [-0.25, -0.2) is 18.2 Å². The van der Waals surface area contributed by atoms with Gasteiger partial charge in [-0.15, -0.1) is 0 Å². The van der Waals surface area contributed by atoms with E-state index in [0.29, 0.717) is 23.9 Å². The third-order valence-corrected chi connectivity index (χ3v) is 8.24. The smallest absolute Gasteiger partial charge is 0.322 e. The van der Waals surface area contributed by atoms with E-state index in [1.165, 1.54) is 30.5 Å². The van der Waals surface area contributed by atoms with Crippen LogP contribution in [0, 0.1) is 0 Å². The number of fused-ring (bicyclic) bond motifs is 2. The van der Waals surface area contributed by atoms with Gasteiger partial charge in [0.05, 0.1) is 22.5 Å².